The molecule has 2 atom stereocenters. The molecule has 1 heterocycles. The number of rotatable bonds is 5. The van der Waals surface area contributed by atoms with E-state index in [0.29, 0.717) is 18.9 Å². The highest BCUT2D eigenvalue weighted by atomic mass is 19.1. The average molecular weight is 281 g/mol. The third-order valence-corrected chi connectivity index (χ3v) is 3.24. The highest BCUT2D eigenvalue weighted by Gasteiger charge is 2.32. The second-order valence-electron chi connectivity index (χ2n) is 4.94. The lowest BCUT2D eigenvalue weighted by atomic mass is 10.1. The van der Waals surface area contributed by atoms with Crippen molar-refractivity contribution in [3.05, 3.63) is 29.6 Å². The first kappa shape index (κ1) is 14.8. The van der Waals surface area contributed by atoms with Gasteiger partial charge in [0.05, 0.1) is 12.7 Å². The number of anilines is 1. The van der Waals surface area contributed by atoms with Gasteiger partial charge in [-0.2, -0.15) is 0 Å². The lowest BCUT2D eigenvalue weighted by Gasteiger charge is -2.23. The topological polar surface area (TPSA) is 47.6 Å². The fourth-order valence-electron chi connectivity index (χ4n) is 2.40. The summed E-state index contributed by atoms with van der Waals surface area (Å²) in [6, 6.07) is 4.01. The van der Waals surface area contributed by atoms with E-state index in [2.05, 4.69) is 5.32 Å². The van der Waals surface area contributed by atoms with Gasteiger partial charge in [-0.05, 0) is 50.5 Å². The van der Waals surface area contributed by atoms with Gasteiger partial charge in [-0.25, -0.2) is 9.18 Å². The molecule has 0 spiro atoms. The largest absolute Gasteiger partial charge is 0.464 e. The van der Waals surface area contributed by atoms with Crippen LogP contribution in [0.25, 0.3) is 0 Å². The van der Waals surface area contributed by atoms with Crippen molar-refractivity contribution < 1.29 is 18.7 Å². The second kappa shape index (κ2) is 6.70. The Morgan fingerprint density at radius 2 is 2.35 bits per heavy atom. The molecule has 20 heavy (non-hydrogen) atoms. The van der Waals surface area contributed by atoms with Crippen LogP contribution in [0.15, 0.2) is 18.2 Å². The first-order chi connectivity index (χ1) is 9.60. The molecule has 110 valence electrons. The van der Waals surface area contributed by atoms with Crippen molar-refractivity contribution in [3.63, 3.8) is 0 Å². The number of nitrogens with one attached hydrogen (secondary N) is 1. The van der Waals surface area contributed by atoms with E-state index in [1.165, 1.54) is 12.1 Å². The van der Waals surface area contributed by atoms with Gasteiger partial charge in [-0.3, -0.25) is 0 Å². The molecule has 2 unspecified atom stereocenters. The zero-order valence-corrected chi connectivity index (χ0v) is 11.8. The maximum absolute atomic E-state index is 13.4. The molecule has 1 aliphatic heterocycles. The Hall–Kier alpha value is -1.62. The molecule has 0 aromatic heterocycles. The summed E-state index contributed by atoms with van der Waals surface area (Å²) in [4.78, 5) is 12.0. The van der Waals surface area contributed by atoms with E-state index in [9.17, 15) is 9.18 Å². The SMILES string of the molecule is CCOC(=O)C(Nc1cc(C)cc(F)c1)C1CCCO1. The van der Waals surface area contributed by atoms with Gasteiger partial charge in [0.1, 0.15) is 5.82 Å². The highest BCUT2D eigenvalue weighted by Crippen LogP contribution is 2.21. The molecular formula is C15H20FNO3. The van der Waals surface area contributed by atoms with Crippen molar-refractivity contribution >= 4 is 11.7 Å². The third-order valence-electron chi connectivity index (χ3n) is 3.24. The fourth-order valence-corrected chi connectivity index (χ4v) is 2.40. The van der Waals surface area contributed by atoms with Crippen LogP contribution in [-0.2, 0) is 14.3 Å². The number of ether oxygens (including phenoxy) is 2. The molecule has 2 rings (SSSR count). The summed E-state index contributed by atoms with van der Waals surface area (Å²) in [5.74, 6) is -0.691. The summed E-state index contributed by atoms with van der Waals surface area (Å²) in [7, 11) is 0. The predicted molar refractivity (Wildman–Crippen MR) is 74.2 cm³/mol. The molecule has 1 aromatic rings. The molecule has 0 saturated carbocycles. The minimum Gasteiger partial charge on any atom is -0.464 e. The molecule has 1 N–H and O–H groups in total. The van der Waals surface area contributed by atoms with Gasteiger partial charge in [0.15, 0.2) is 6.04 Å². The van der Waals surface area contributed by atoms with E-state index in [-0.39, 0.29) is 17.9 Å². The summed E-state index contributed by atoms with van der Waals surface area (Å²) in [5.41, 5.74) is 1.36. The van der Waals surface area contributed by atoms with Gasteiger partial charge >= 0.3 is 5.97 Å². The van der Waals surface area contributed by atoms with E-state index in [0.717, 1.165) is 18.4 Å². The second-order valence-corrected chi connectivity index (χ2v) is 4.94. The minimum absolute atomic E-state index is 0.224. The van der Waals surface area contributed by atoms with Crippen LogP contribution in [-0.4, -0.2) is 31.3 Å². The maximum atomic E-state index is 13.4. The van der Waals surface area contributed by atoms with Crippen molar-refractivity contribution in [1.29, 1.82) is 0 Å². The fraction of sp³-hybridized carbons (Fsp3) is 0.533. The molecule has 1 fully saturated rings. The van der Waals surface area contributed by atoms with Crippen LogP contribution in [0.3, 0.4) is 0 Å². The molecular weight excluding hydrogens is 261 g/mol. The Labute approximate surface area is 118 Å². The van der Waals surface area contributed by atoms with Gasteiger partial charge in [-0.1, -0.05) is 0 Å². The number of benzene rings is 1. The minimum atomic E-state index is -0.598. The number of halogens is 1. The molecule has 1 saturated heterocycles. The Morgan fingerprint density at radius 1 is 1.55 bits per heavy atom. The maximum Gasteiger partial charge on any atom is 0.331 e. The zero-order valence-electron chi connectivity index (χ0n) is 11.8. The number of hydrogen-bond donors (Lipinski definition) is 1. The van der Waals surface area contributed by atoms with Crippen LogP contribution in [0.2, 0.25) is 0 Å². The summed E-state index contributed by atoms with van der Waals surface area (Å²) in [5, 5.41) is 3.05. The highest BCUT2D eigenvalue weighted by molar-refractivity contribution is 5.80. The number of aryl methyl sites for hydroxylation is 1. The summed E-state index contributed by atoms with van der Waals surface area (Å²) in [6.45, 7) is 4.52. The van der Waals surface area contributed by atoms with Crippen molar-refractivity contribution in [1.82, 2.24) is 0 Å². The van der Waals surface area contributed by atoms with E-state index in [4.69, 9.17) is 9.47 Å². The molecule has 0 bridgehead atoms. The normalized spacial score (nSPS) is 19.6. The third kappa shape index (κ3) is 3.70. The van der Waals surface area contributed by atoms with Gasteiger partial charge in [0, 0.05) is 12.3 Å². The van der Waals surface area contributed by atoms with Crippen LogP contribution in [0.5, 0.6) is 0 Å². The number of carbonyl (C=O) groups excluding carboxylic acids is 1. The molecule has 5 heteroatoms. The van der Waals surface area contributed by atoms with Crippen molar-refractivity contribution in [2.24, 2.45) is 0 Å². The van der Waals surface area contributed by atoms with Gasteiger partial charge in [0.2, 0.25) is 0 Å². The van der Waals surface area contributed by atoms with Crippen molar-refractivity contribution in [2.75, 3.05) is 18.5 Å². The van der Waals surface area contributed by atoms with E-state index < -0.39 is 6.04 Å². The van der Waals surface area contributed by atoms with Crippen LogP contribution in [0, 0.1) is 12.7 Å². The monoisotopic (exact) mass is 281 g/mol. The Balaban J connectivity index is 2.15. The predicted octanol–water partition coefficient (Wildman–Crippen LogP) is 2.66. The Bertz CT molecular complexity index is 452. The molecule has 1 aliphatic rings. The van der Waals surface area contributed by atoms with E-state index in [1.54, 1.807) is 19.9 Å². The zero-order chi connectivity index (χ0) is 14.5. The van der Waals surface area contributed by atoms with E-state index >= 15 is 0 Å². The van der Waals surface area contributed by atoms with Gasteiger partial charge < -0.3 is 14.8 Å². The summed E-state index contributed by atoms with van der Waals surface area (Å²) < 4.78 is 24.0. The number of carbonyl (C=O) groups is 1. The first-order valence-corrected chi connectivity index (χ1v) is 6.92. The lowest BCUT2D eigenvalue weighted by Crippen LogP contribution is -2.41. The Morgan fingerprint density at radius 3 is 2.95 bits per heavy atom. The molecule has 0 radical (unpaired) electrons. The molecule has 0 aliphatic carbocycles. The van der Waals surface area contributed by atoms with Crippen molar-refractivity contribution in [3.8, 4) is 0 Å². The first-order valence-electron chi connectivity index (χ1n) is 6.92. The van der Waals surface area contributed by atoms with Crippen LogP contribution >= 0.6 is 0 Å². The smallest absolute Gasteiger partial charge is 0.331 e. The molecule has 1 aromatic carbocycles. The molecule has 0 amide bonds. The van der Waals surface area contributed by atoms with Gasteiger partial charge in [-0.15, -0.1) is 0 Å². The number of hydrogen-bond acceptors (Lipinski definition) is 4. The summed E-state index contributed by atoms with van der Waals surface area (Å²) in [6.07, 6.45) is 1.49. The summed E-state index contributed by atoms with van der Waals surface area (Å²) >= 11 is 0. The average Bonchev–Trinajstić information content (AvgIpc) is 2.88. The quantitative estimate of drug-likeness (QED) is 0.843. The van der Waals surface area contributed by atoms with Crippen LogP contribution < -0.4 is 5.32 Å². The number of esters is 1. The molecule has 4 nitrogen and oxygen atoms in total. The van der Waals surface area contributed by atoms with Crippen LogP contribution in [0.1, 0.15) is 25.3 Å². The van der Waals surface area contributed by atoms with Crippen molar-refractivity contribution in [2.45, 2.75) is 38.8 Å². The Kier molecular flexibility index (Phi) is 4.95. The van der Waals surface area contributed by atoms with Gasteiger partial charge in [0.25, 0.3) is 0 Å². The van der Waals surface area contributed by atoms with Crippen LogP contribution in [0.4, 0.5) is 10.1 Å². The van der Waals surface area contributed by atoms with E-state index in [1.807, 2.05) is 0 Å². The standard InChI is InChI=1S/C15H20FNO3/c1-3-19-15(18)14(13-5-4-6-20-13)17-12-8-10(2)7-11(16)9-12/h7-9,13-14,17H,3-6H2,1-2H3. The lowest BCUT2D eigenvalue weighted by molar-refractivity contribution is -0.146.